The minimum absolute atomic E-state index is 0.0510. The largest absolute Gasteiger partial charge is 0.454 e. The van der Waals surface area contributed by atoms with E-state index in [-0.39, 0.29) is 18.4 Å². The molecule has 0 saturated carbocycles. The van der Waals surface area contributed by atoms with Gasteiger partial charge in [-0.1, -0.05) is 0 Å². The Morgan fingerprint density at radius 1 is 1.17 bits per heavy atom. The zero-order valence-electron chi connectivity index (χ0n) is 11.9. The fourth-order valence-electron chi connectivity index (χ4n) is 2.00. The first-order valence-corrected chi connectivity index (χ1v) is 6.66. The second-order valence-electron chi connectivity index (χ2n) is 4.77. The van der Waals surface area contributed by atoms with Crippen LogP contribution >= 0.6 is 0 Å². The average molecular weight is 339 g/mol. The zero-order chi connectivity index (χ0) is 17.3. The number of nitrogens with one attached hydrogen (secondary N) is 1. The Labute approximate surface area is 132 Å². The van der Waals surface area contributed by atoms with Gasteiger partial charge in [-0.15, -0.1) is 0 Å². The van der Waals surface area contributed by atoms with Crippen molar-refractivity contribution in [1.29, 1.82) is 0 Å². The van der Waals surface area contributed by atoms with Gasteiger partial charge in [0.05, 0.1) is 6.54 Å². The molecular formula is C15H9F4N3O2. The van der Waals surface area contributed by atoms with E-state index in [1.165, 1.54) is 16.8 Å². The first kappa shape index (κ1) is 15.8. The maximum atomic E-state index is 13.5. The second kappa shape index (κ2) is 6.19. The number of halogens is 4. The lowest BCUT2D eigenvalue weighted by Crippen LogP contribution is -2.15. The van der Waals surface area contributed by atoms with E-state index < -0.39 is 34.9 Å². The predicted octanol–water partition coefficient (Wildman–Crippen LogP) is 3.33. The van der Waals surface area contributed by atoms with E-state index in [2.05, 4.69) is 5.10 Å². The van der Waals surface area contributed by atoms with Crippen molar-refractivity contribution in [2.24, 2.45) is 0 Å². The van der Waals surface area contributed by atoms with Crippen molar-refractivity contribution in [3.8, 4) is 0 Å². The van der Waals surface area contributed by atoms with Crippen molar-refractivity contribution in [1.82, 2.24) is 9.78 Å². The quantitative estimate of drug-likeness (QED) is 0.586. The molecule has 0 spiro atoms. The molecule has 1 aromatic carbocycles. The summed E-state index contributed by atoms with van der Waals surface area (Å²) in [5.41, 5.74) is -1.22. The molecule has 0 bridgehead atoms. The number of carbonyl (C=O) groups excluding carboxylic acids is 1. The first-order valence-electron chi connectivity index (χ1n) is 6.66. The van der Waals surface area contributed by atoms with Crippen molar-refractivity contribution < 1.29 is 26.8 Å². The number of aromatic nitrogens is 2. The molecule has 1 amide bonds. The third-order valence-corrected chi connectivity index (χ3v) is 3.11. The summed E-state index contributed by atoms with van der Waals surface area (Å²) >= 11 is 0. The van der Waals surface area contributed by atoms with E-state index in [9.17, 15) is 22.4 Å². The highest BCUT2D eigenvalue weighted by atomic mass is 19.2. The zero-order valence-corrected chi connectivity index (χ0v) is 11.9. The molecule has 0 saturated heterocycles. The number of rotatable bonds is 4. The summed E-state index contributed by atoms with van der Waals surface area (Å²) in [6.07, 6.45) is 3.23. The summed E-state index contributed by atoms with van der Waals surface area (Å²) in [5.74, 6) is -7.62. The Kier molecular flexibility index (Phi) is 4.07. The SMILES string of the molecule is O=C(Nc1c(F)c(F)cc(F)c1F)c1ccc(Cn2cccn2)o1. The summed E-state index contributed by atoms with van der Waals surface area (Å²) in [6.45, 7) is 0.234. The van der Waals surface area contributed by atoms with E-state index in [4.69, 9.17) is 4.42 Å². The van der Waals surface area contributed by atoms with Crippen molar-refractivity contribution in [3.05, 3.63) is 71.4 Å². The van der Waals surface area contributed by atoms with Crippen molar-refractivity contribution in [2.75, 3.05) is 5.32 Å². The lowest BCUT2D eigenvalue weighted by atomic mass is 10.2. The molecule has 0 aliphatic rings. The molecule has 0 fully saturated rings. The number of anilines is 1. The van der Waals surface area contributed by atoms with Gasteiger partial charge in [0, 0.05) is 18.5 Å². The highest BCUT2D eigenvalue weighted by Crippen LogP contribution is 2.25. The van der Waals surface area contributed by atoms with Crippen LogP contribution < -0.4 is 5.32 Å². The molecule has 3 rings (SSSR count). The van der Waals surface area contributed by atoms with E-state index >= 15 is 0 Å². The molecule has 5 nitrogen and oxygen atoms in total. The van der Waals surface area contributed by atoms with E-state index in [1.807, 2.05) is 0 Å². The van der Waals surface area contributed by atoms with E-state index in [1.54, 1.807) is 23.8 Å². The van der Waals surface area contributed by atoms with Gasteiger partial charge in [-0.05, 0) is 18.2 Å². The number of amides is 1. The average Bonchev–Trinajstić information content (AvgIpc) is 3.22. The number of hydrogen-bond acceptors (Lipinski definition) is 3. The molecule has 0 atom stereocenters. The van der Waals surface area contributed by atoms with Gasteiger partial charge in [-0.25, -0.2) is 17.6 Å². The fraction of sp³-hybridized carbons (Fsp3) is 0.0667. The van der Waals surface area contributed by atoms with Crippen LogP contribution in [0.15, 0.2) is 41.1 Å². The van der Waals surface area contributed by atoms with Crippen LogP contribution in [0.25, 0.3) is 0 Å². The number of carbonyl (C=O) groups is 1. The van der Waals surface area contributed by atoms with E-state index in [0.29, 0.717) is 5.76 Å². The summed E-state index contributed by atoms with van der Waals surface area (Å²) in [4.78, 5) is 12.0. The topological polar surface area (TPSA) is 60.1 Å². The highest BCUT2D eigenvalue weighted by molar-refractivity contribution is 6.02. The Bertz CT molecular complexity index is 864. The summed E-state index contributed by atoms with van der Waals surface area (Å²) in [7, 11) is 0. The van der Waals surface area contributed by atoms with Crippen LogP contribution in [0.1, 0.15) is 16.3 Å². The molecule has 1 N–H and O–H groups in total. The number of furan rings is 1. The van der Waals surface area contributed by atoms with Gasteiger partial charge in [-0.2, -0.15) is 5.10 Å². The summed E-state index contributed by atoms with van der Waals surface area (Å²) in [6, 6.07) is 4.48. The molecule has 2 aromatic heterocycles. The van der Waals surface area contributed by atoms with Gasteiger partial charge < -0.3 is 9.73 Å². The van der Waals surface area contributed by atoms with Crippen molar-refractivity contribution in [3.63, 3.8) is 0 Å². The van der Waals surface area contributed by atoms with Gasteiger partial charge in [0.25, 0.3) is 5.91 Å². The van der Waals surface area contributed by atoms with Crippen LogP contribution in [0.4, 0.5) is 23.2 Å². The normalized spacial score (nSPS) is 10.8. The third-order valence-electron chi connectivity index (χ3n) is 3.11. The molecule has 24 heavy (non-hydrogen) atoms. The second-order valence-corrected chi connectivity index (χ2v) is 4.77. The van der Waals surface area contributed by atoms with Crippen molar-refractivity contribution in [2.45, 2.75) is 6.54 Å². The molecule has 2 heterocycles. The Hall–Kier alpha value is -3.10. The fourth-order valence-corrected chi connectivity index (χ4v) is 2.00. The summed E-state index contributed by atoms with van der Waals surface area (Å²) in [5, 5.41) is 5.71. The van der Waals surface area contributed by atoms with Crippen LogP contribution in [0.5, 0.6) is 0 Å². The van der Waals surface area contributed by atoms with Gasteiger partial charge in [-0.3, -0.25) is 9.48 Å². The molecule has 0 aliphatic carbocycles. The molecule has 0 radical (unpaired) electrons. The maximum absolute atomic E-state index is 13.5. The van der Waals surface area contributed by atoms with Gasteiger partial charge in [0.1, 0.15) is 11.4 Å². The van der Waals surface area contributed by atoms with Crippen LogP contribution in [0, 0.1) is 23.3 Å². The first-order chi connectivity index (χ1) is 11.5. The minimum Gasteiger partial charge on any atom is -0.454 e. The molecule has 0 aliphatic heterocycles. The molecule has 3 aromatic rings. The number of hydrogen-bond donors (Lipinski definition) is 1. The smallest absolute Gasteiger partial charge is 0.291 e. The maximum Gasteiger partial charge on any atom is 0.291 e. The van der Waals surface area contributed by atoms with Crippen molar-refractivity contribution >= 4 is 11.6 Å². The lowest BCUT2D eigenvalue weighted by molar-refractivity contribution is 0.0993. The molecule has 9 heteroatoms. The molecule has 0 unspecified atom stereocenters. The van der Waals surface area contributed by atoms with Gasteiger partial charge >= 0.3 is 0 Å². The van der Waals surface area contributed by atoms with Crippen LogP contribution in [-0.4, -0.2) is 15.7 Å². The highest BCUT2D eigenvalue weighted by Gasteiger charge is 2.22. The predicted molar refractivity (Wildman–Crippen MR) is 74.3 cm³/mol. The van der Waals surface area contributed by atoms with E-state index in [0.717, 1.165) is 0 Å². The van der Waals surface area contributed by atoms with Gasteiger partial charge in [0.2, 0.25) is 0 Å². The number of benzene rings is 1. The standard InChI is InChI=1S/C15H9F4N3O2/c16-9-6-10(17)13(19)14(12(9)18)21-15(23)11-3-2-8(24-11)7-22-5-1-4-20-22/h1-6H,7H2,(H,21,23). The van der Waals surface area contributed by atoms with Gasteiger partial charge in [0.15, 0.2) is 29.0 Å². The van der Waals surface area contributed by atoms with Crippen LogP contribution in [0.2, 0.25) is 0 Å². The van der Waals surface area contributed by atoms with Crippen LogP contribution in [0.3, 0.4) is 0 Å². The Balaban J connectivity index is 1.80. The van der Waals surface area contributed by atoms with Crippen LogP contribution in [-0.2, 0) is 6.54 Å². The number of nitrogens with zero attached hydrogens (tertiary/aromatic N) is 2. The minimum atomic E-state index is -1.70. The molecule has 124 valence electrons. The monoisotopic (exact) mass is 339 g/mol. The summed E-state index contributed by atoms with van der Waals surface area (Å²) < 4.78 is 60.1. The lowest BCUT2D eigenvalue weighted by Gasteiger charge is -2.07. The Morgan fingerprint density at radius 2 is 1.88 bits per heavy atom. The third kappa shape index (κ3) is 3.00. The molecular weight excluding hydrogens is 330 g/mol. The Morgan fingerprint density at radius 3 is 2.50 bits per heavy atom.